The molecule has 5 heteroatoms. The number of carbonyl (C=O) groups is 1. The molecule has 0 fully saturated rings. The van der Waals surface area contributed by atoms with Crippen LogP contribution >= 0.6 is 11.8 Å². The average molecular weight is 298 g/mol. The Morgan fingerprint density at radius 3 is 2.57 bits per heavy atom. The van der Waals surface area contributed by atoms with Crippen molar-refractivity contribution in [2.24, 2.45) is 0 Å². The second-order valence-electron chi connectivity index (χ2n) is 4.37. The molecule has 2 N–H and O–H groups in total. The van der Waals surface area contributed by atoms with E-state index in [4.69, 9.17) is 5.26 Å². The van der Waals surface area contributed by atoms with Crippen molar-refractivity contribution < 1.29 is 9.90 Å². The standard InChI is InChI=1S/C16H14N2O2S/c17-9-12-5-7-13(8-6-12)10-21-11-16(20)18-14-3-1-2-4-15(14)19/h1-8,19H,10-11H2,(H,18,20). The first-order chi connectivity index (χ1) is 10.2. The van der Waals surface area contributed by atoms with Gasteiger partial charge in [0, 0.05) is 5.75 Å². The van der Waals surface area contributed by atoms with E-state index < -0.39 is 0 Å². The molecule has 0 unspecified atom stereocenters. The number of benzene rings is 2. The number of rotatable bonds is 5. The highest BCUT2D eigenvalue weighted by molar-refractivity contribution is 7.99. The summed E-state index contributed by atoms with van der Waals surface area (Å²) in [6, 6.07) is 16.0. The zero-order valence-electron chi connectivity index (χ0n) is 11.2. The lowest BCUT2D eigenvalue weighted by Crippen LogP contribution is -2.14. The number of hydrogen-bond acceptors (Lipinski definition) is 4. The number of hydrogen-bond donors (Lipinski definition) is 2. The highest BCUT2D eigenvalue weighted by atomic mass is 32.2. The van der Waals surface area contributed by atoms with Crippen LogP contribution in [0, 0.1) is 11.3 Å². The number of aromatic hydroxyl groups is 1. The van der Waals surface area contributed by atoms with Gasteiger partial charge in [-0.2, -0.15) is 5.26 Å². The fourth-order valence-electron chi connectivity index (χ4n) is 1.70. The summed E-state index contributed by atoms with van der Waals surface area (Å²) in [4.78, 5) is 11.8. The third-order valence-electron chi connectivity index (χ3n) is 2.76. The Morgan fingerprint density at radius 1 is 1.19 bits per heavy atom. The van der Waals surface area contributed by atoms with Crippen LogP contribution in [0.15, 0.2) is 48.5 Å². The minimum Gasteiger partial charge on any atom is -0.506 e. The van der Waals surface area contributed by atoms with Gasteiger partial charge in [0.2, 0.25) is 5.91 Å². The van der Waals surface area contributed by atoms with Crippen LogP contribution in [0.5, 0.6) is 5.75 Å². The van der Waals surface area contributed by atoms with Crippen LogP contribution in [-0.2, 0) is 10.5 Å². The largest absolute Gasteiger partial charge is 0.506 e. The normalized spacial score (nSPS) is 9.86. The molecule has 0 saturated heterocycles. The van der Waals surface area contributed by atoms with Gasteiger partial charge in [0.05, 0.1) is 23.1 Å². The molecule has 0 aliphatic heterocycles. The van der Waals surface area contributed by atoms with Crippen LogP contribution in [0.25, 0.3) is 0 Å². The fourth-order valence-corrected chi connectivity index (χ4v) is 2.49. The molecule has 106 valence electrons. The first-order valence-electron chi connectivity index (χ1n) is 6.33. The fraction of sp³-hybridized carbons (Fsp3) is 0.125. The van der Waals surface area contributed by atoms with E-state index in [1.54, 1.807) is 30.3 Å². The first-order valence-corrected chi connectivity index (χ1v) is 7.49. The topological polar surface area (TPSA) is 73.1 Å². The van der Waals surface area contributed by atoms with Gasteiger partial charge in [0.15, 0.2) is 0 Å². The zero-order valence-corrected chi connectivity index (χ0v) is 12.1. The summed E-state index contributed by atoms with van der Waals surface area (Å²) in [5.41, 5.74) is 2.11. The van der Waals surface area contributed by atoms with E-state index in [1.165, 1.54) is 17.8 Å². The Bertz CT molecular complexity index is 663. The van der Waals surface area contributed by atoms with Crippen molar-refractivity contribution in [3.05, 3.63) is 59.7 Å². The quantitative estimate of drug-likeness (QED) is 0.832. The van der Waals surface area contributed by atoms with Gasteiger partial charge in [-0.15, -0.1) is 11.8 Å². The average Bonchev–Trinajstić information content (AvgIpc) is 2.50. The second kappa shape index (κ2) is 7.36. The van der Waals surface area contributed by atoms with E-state index in [-0.39, 0.29) is 11.7 Å². The highest BCUT2D eigenvalue weighted by Gasteiger charge is 2.06. The summed E-state index contributed by atoms with van der Waals surface area (Å²) < 4.78 is 0. The Morgan fingerprint density at radius 2 is 1.90 bits per heavy atom. The molecule has 0 atom stereocenters. The monoisotopic (exact) mass is 298 g/mol. The van der Waals surface area contributed by atoms with Gasteiger partial charge >= 0.3 is 0 Å². The van der Waals surface area contributed by atoms with Crippen LogP contribution in [0.4, 0.5) is 5.69 Å². The molecule has 0 saturated carbocycles. The van der Waals surface area contributed by atoms with E-state index in [0.717, 1.165) is 5.56 Å². The van der Waals surface area contributed by atoms with Crippen LogP contribution < -0.4 is 5.32 Å². The lowest BCUT2D eigenvalue weighted by Gasteiger charge is -2.07. The molecule has 0 heterocycles. The van der Waals surface area contributed by atoms with Gasteiger partial charge in [-0.05, 0) is 29.8 Å². The van der Waals surface area contributed by atoms with E-state index in [0.29, 0.717) is 22.8 Å². The number of amides is 1. The molecule has 2 rings (SSSR count). The van der Waals surface area contributed by atoms with Crippen molar-refractivity contribution in [3.63, 3.8) is 0 Å². The summed E-state index contributed by atoms with van der Waals surface area (Å²) in [7, 11) is 0. The molecular weight excluding hydrogens is 284 g/mol. The van der Waals surface area contributed by atoms with Gasteiger partial charge in [-0.3, -0.25) is 4.79 Å². The number of nitriles is 1. The van der Waals surface area contributed by atoms with Crippen molar-refractivity contribution >= 4 is 23.4 Å². The van der Waals surface area contributed by atoms with Crippen molar-refractivity contribution in [1.82, 2.24) is 0 Å². The summed E-state index contributed by atoms with van der Waals surface area (Å²) in [6.45, 7) is 0. The molecule has 0 aliphatic carbocycles. The summed E-state index contributed by atoms with van der Waals surface area (Å²) in [5.74, 6) is 0.895. The molecule has 0 bridgehead atoms. The molecule has 4 nitrogen and oxygen atoms in total. The number of nitrogens with zero attached hydrogens (tertiary/aromatic N) is 1. The number of phenols is 1. The number of nitrogens with one attached hydrogen (secondary N) is 1. The number of thioether (sulfide) groups is 1. The minimum absolute atomic E-state index is 0.0583. The minimum atomic E-state index is -0.157. The van der Waals surface area contributed by atoms with Crippen molar-refractivity contribution in [1.29, 1.82) is 5.26 Å². The predicted octanol–water partition coefficient (Wildman–Crippen LogP) is 3.14. The maximum atomic E-state index is 11.8. The van der Waals surface area contributed by atoms with Crippen LogP contribution in [0.2, 0.25) is 0 Å². The van der Waals surface area contributed by atoms with Crippen molar-refractivity contribution in [2.75, 3.05) is 11.1 Å². The molecule has 0 aromatic heterocycles. The smallest absolute Gasteiger partial charge is 0.234 e. The predicted molar refractivity (Wildman–Crippen MR) is 84.1 cm³/mol. The Labute approximate surface area is 127 Å². The summed E-state index contributed by atoms with van der Waals surface area (Å²) >= 11 is 1.48. The van der Waals surface area contributed by atoms with Gasteiger partial charge in [-0.1, -0.05) is 24.3 Å². The maximum Gasteiger partial charge on any atom is 0.234 e. The van der Waals surface area contributed by atoms with Gasteiger partial charge in [-0.25, -0.2) is 0 Å². The summed E-state index contributed by atoms with van der Waals surface area (Å²) in [6.07, 6.45) is 0. The number of carbonyl (C=O) groups excluding carboxylic acids is 1. The van der Waals surface area contributed by atoms with Crippen LogP contribution in [0.1, 0.15) is 11.1 Å². The zero-order chi connectivity index (χ0) is 15.1. The molecule has 0 spiro atoms. The molecule has 2 aromatic carbocycles. The lowest BCUT2D eigenvalue weighted by atomic mass is 10.2. The van der Waals surface area contributed by atoms with E-state index in [9.17, 15) is 9.90 Å². The maximum absolute atomic E-state index is 11.8. The number of para-hydroxylation sites is 2. The third-order valence-corrected chi connectivity index (χ3v) is 3.77. The van der Waals surface area contributed by atoms with E-state index >= 15 is 0 Å². The SMILES string of the molecule is N#Cc1ccc(CSCC(=O)Nc2ccccc2O)cc1. The summed E-state index contributed by atoms with van der Waals surface area (Å²) in [5, 5.41) is 20.9. The van der Waals surface area contributed by atoms with E-state index in [1.807, 2.05) is 12.1 Å². The number of anilines is 1. The second-order valence-corrected chi connectivity index (χ2v) is 5.35. The van der Waals surface area contributed by atoms with Crippen LogP contribution in [-0.4, -0.2) is 16.8 Å². The molecule has 0 radical (unpaired) electrons. The Balaban J connectivity index is 1.79. The van der Waals surface area contributed by atoms with Crippen molar-refractivity contribution in [3.8, 4) is 11.8 Å². The molecule has 0 aliphatic rings. The molecular formula is C16H14N2O2S. The Kier molecular flexibility index (Phi) is 5.24. The molecule has 21 heavy (non-hydrogen) atoms. The third kappa shape index (κ3) is 4.55. The van der Waals surface area contributed by atoms with E-state index in [2.05, 4.69) is 11.4 Å². The first kappa shape index (κ1) is 14.9. The van der Waals surface area contributed by atoms with Crippen molar-refractivity contribution in [2.45, 2.75) is 5.75 Å². The van der Waals surface area contributed by atoms with Gasteiger partial charge < -0.3 is 10.4 Å². The Hall–Kier alpha value is -2.45. The van der Waals surface area contributed by atoms with Gasteiger partial charge in [0.1, 0.15) is 5.75 Å². The lowest BCUT2D eigenvalue weighted by molar-refractivity contribution is -0.113. The van der Waals surface area contributed by atoms with Crippen LogP contribution in [0.3, 0.4) is 0 Å². The van der Waals surface area contributed by atoms with Gasteiger partial charge in [0.25, 0.3) is 0 Å². The number of phenolic OH excluding ortho intramolecular Hbond substituents is 1. The molecule has 1 amide bonds. The highest BCUT2D eigenvalue weighted by Crippen LogP contribution is 2.22. The molecule has 2 aromatic rings.